The average molecular weight is 307 g/mol. The summed E-state index contributed by atoms with van der Waals surface area (Å²) in [6, 6.07) is 0. The number of rotatable bonds is 7. The van der Waals surface area contributed by atoms with Crippen LogP contribution in [-0.2, 0) is 14.4 Å². The van der Waals surface area contributed by atoms with Crippen LogP contribution in [0.4, 0.5) is 0 Å². The van der Waals surface area contributed by atoms with Crippen LogP contribution in [0.5, 0.6) is 0 Å². The molecule has 2 amide bonds. The predicted molar refractivity (Wildman–Crippen MR) is 83.9 cm³/mol. The molecule has 2 N–H and O–H groups in total. The van der Waals surface area contributed by atoms with Crippen LogP contribution in [-0.4, -0.2) is 28.8 Å². The summed E-state index contributed by atoms with van der Waals surface area (Å²) in [6.07, 6.45) is 5.69. The van der Waals surface area contributed by atoms with Gasteiger partial charge in [-0.3, -0.25) is 19.7 Å². The highest BCUT2D eigenvalue weighted by atomic mass is 16.3. The molecule has 0 spiro atoms. The van der Waals surface area contributed by atoms with Crippen LogP contribution in [0.1, 0.15) is 46.5 Å². The van der Waals surface area contributed by atoms with Gasteiger partial charge in [-0.15, -0.1) is 0 Å². The molecule has 5 nitrogen and oxygen atoms in total. The van der Waals surface area contributed by atoms with E-state index in [1.807, 2.05) is 32.1 Å². The van der Waals surface area contributed by atoms with Crippen molar-refractivity contribution in [2.45, 2.75) is 52.6 Å². The van der Waals surface area contributed by atoms with Crippen molar-refractivity contribution in [2.75, 3.05) is 0 Å². The molecule has 0 aromatic carbocycles. The van der Waals surface area contributed by atoms with Crippen LogP contribution in [0.3, 0.4) is 0 Å². The normalized spacial score (nSPS) is 20.1. The lowest BCUT2D eigenvalue weighted by Crippen LogP contribution is -2.39. The summed E-state index contributed by atoms with van der Waals surface area (Å²) in [5.74, 6) is -1.10. The molecule has 0 aliphatic carbocycles. The van der Waals surface area contributed by atoms with Gasteiger partial charge in [0.1, 0.15) is 5.78 Å². The number of hydrogen-bond donors (Lipinski definition) is 2. The van der Waals surface area contributed by atoms with Gasteiger partial charge in [0.2, 0.25) is 11.8 Å². The number of amides is 2. The average Bonchev–Trinajstić information content (AvgIpc) is 2.36. The lowest BCUT2D eigenvalue weighted by atomic mass is 9.88. The van der Waals surface area contributed by atoms with Crippen molar-refractivity contribution in [1.29, 1.82) is 0 Å². The Labute approximate surface area is 131 Å². The second-order valence-electron chi connectivity index (χ2n) is 6.00. The fraction of sp³-hybridized carbons (Fsp3) is 0.588. The molecule has 0 radical (unpaired) electrons. The number of carbonyl (C=O) groups is 3. The van der Waals surface area contributed by atoms with Crippen molar-refractivity contribution in [2.24, 2.45) is 11.8 Å². The smallest absolute Gasteiger partial charge is 0.226 e. The molecule has 22 heavy (non-hydrogen) atoms. The summed E-state index contributed by atoms with van der Waals surface area (Å²) in [4.78, 5) is 34.7. The molecule has 1 rings (SSSR count). The number of piperidine rings is 1. The number of Topliss-reactive ketones (excluding diaryl/α,β-unsaturated/α-hetero) is 1. The Kier molecular flexibility index (Phi) is 7.18. The van der Waals surface area contributed by atoms with Crippen LogP contribution in [0.15, 0.2) is 23.8 Å². The van der Waals surface area contributed by atoms with Crippen molar-refractivity contribution < 1.29 is 19.5 Å². The third-order valence-electron chi connectivity index (χ3n) is 3.72. The minimum atomic E-state index is -0.811. The summed E-state index contributed by atoms with van der Waals surface area (Å²) in [5.41, 5.74) is 1.01. The number of carbonyl (C=O) groups excluding carboxylic acids is 3. The van der Waals surface area contributed by atoms with Gasteiger partial charge < -0.3 is 5.11 Å². The standard InChI is InChI=1S/C17H25NO4/c1-4-5-11(2)6-12(3)15(20)10-14(19)7-13-8-16(21)18-17(22)9-13/h4-6,12-14,19H,7-10H2,1-3H3,(H,18,21,22)/b5-4?,11-6+. The number of hydrogen-bond acceptors (Lipinski definition) is 4. The maximum Gasteiger partial charge on any atom is 0.226 e. The first-order chi connectivity index (χ1) is 10.3. The largest absolute Gasteiger partial charge is 0.393 e. The summed E-state index contributed by atoms with van der Waals surface area (Å²) in [6.45, 7) is 5.64. The monoisotopic (exact) mass is 307 g/mol. The molecule has 0 aromatic heterocycles. The van der Waals surface area contributed by atoms with E-state index in [4.69, 9.17) is 0 Å². The van der Waals surface area contributed by atoms with Gasteiger partial charge in [-0.25, -0.2) is 0 Å². The number of aliphatic hydroxyl groups excluding tert-OH is 1. The lowest BCUT2D eigenvalue weighted by Gasteiger charge is -2.23. The third-order valence-corrected chi connectivity index (χ3v) is 3.72. The Bertz CT molecular complexity index is 477. The SMILES string of the molecule is CC=C/C(C)=C/C(C)C(=O)CC(O)CC1CC(=O)NC(=O)C1. The van der Waals surface area contributed by atoms with E-state index in [1.165, 1.54) is 0 Å². The lowest BCUT2D eigenvalue weighted by molar-refractivity contribution is -0.135. The molecular weight excluding hydrogens is 282 g/mol. The van der Waals surface area contributed by atoms with Crippen molar-refractivity contribution in [3.63, 3.8) is 0 Å². The summed E-state index contributed by atoms with van der Waals surface area (Å²) >= 11 is 0. The van der Waals surface area contributed by atoms with Gasteiger partial charge in [-0.1, -0.05) is 30.7 Å². The van der Waals surface area contributed by atoms with Crippen molar-refractivity contribution in [3.05, 3.63) is 23.8 Å². The maximum absolute atomic E-state index is 12.1. The highest BCUT2D eigenvalue weighted by Gasteiger charge is 2.27. The van der Waals surface area contributed by atoms with Crippen molar-refractivity contribution >= 4 is 17.6 Å². The first-order valence-corrected chi connectivity index (χ1v) is 7.66. The summed E-state index contributed by atoms with van der Waals surface area (Å²) in [7, 11) is 0. The molecule has 0 aromatic rings. The van der Waals surface area contributed by atoms with Gasteiger partial charge in [0.15, 0.2) is 0 Å². The van der Waals surface area contributed by atoms with Crippen molar-refractivity contribution in [1.82, 2.24) is 5.32 Å². The molecule has 2 unspecified atom stereocenters. The maximum atomic E-state index is 12.1. The van der Waals surface area contributed by atoms with E-state index in [1.54, 1.807) is 6.92 Å². The van der Waals surface area contributed by atoms with Crippen LogP contribution in [0, 0.1) is 11.8 Å². The fourth-order valence-electron chi connectivity index (χ4n) is 2.71. The van der Waals surface area contributed by atoms with Gasteiger partial charge in [0, 0.05) is 25.2 Å². The minimum Gasteiger partial charge on any atom is -0.393 e. The number of aliphatic hydroxyl groups is 1. The molecule has 5 heteroatoms. The van der Waals surface area contributed by atoms with E-state index in [-0.39, 0.29) is 48.7 Å². The zero-order valence-electron chi connectivity index (χ0n) is 13.5. The van der Waals surface area contributed by atoms with E-state index >= 15 is 0 Å². The summed E-state index contributed by atoms with van der Waals surface area (Å²) < 4.78 is 0. The van der Waals surface area contributed by atoms with Gasteiger partial charge in [-0.05, 0) is 26.2 Å². The minimum absolute atomic E-state index is 0.0389. The van der Waals surface area contributed by atoms with E-state index < -0.39 is 6.10 Å². The number of allylic oxidation sites excluding steroid dienone is 4. The molecule has 0 bridgehead atoms. The molecule has 2 atom stereocenters. The van der Waals surface area contributed by atoms with Gasteiger partial charge in [-0.2, -0.15) is 0 Å². The van der Waals surface area contributed by atoms with Crippen molar-refractivity contribution in [3.8, 4) is 0 Å². The van der Waals surface area contributed by atoms with Gasteiger partial charge in [0.05, 0.1) is 6.10 Å². The quantitative estimate of drug-likeness (QED) is 0.556. The fourth-order valence-corrected chi connectivity index (χ4v) is 2.71. The molecule has 1 fully saturated rings. The second-order valence-corrected chi connectivity index (χ2v) is 6.00. The second kappa shape index (κ2) is 8.63. The van der Waals surface area contributed by atoms with Gasteiger partial charge in [0.25, 0.3) is 0 Å². The topological polar surface area (TPSA) is 83.5 Å². The Morgan fingerprint density at radius 3 is 2.50 bits per heavy atom. The first kappa shape index (κ1) is 18.3. The van der Waals surface area contributed by atoms with Gasteiger partial charge >= 0.3 is 0 Å². The number of ketones is 1. The van der Waals surface area contributed by atoms with E-state index in [0.29, 0.717) is 6.42 Å². The van der Waals surface area contributed by atoms with E-state index in [9.17, 15) is 19.5 Å². The first-order valence-electron chi connectivity index (χ1n) is 7.66. The zero-order valence-corrected chi connectivity index (χ0v) is 13.5. The van der Waals surface area contributed by atoms with E-state index in [2.05, 4.69) is 5.32 Å². The Morgan fingerprint density at radius 1 is 1.36 bits per heavy atom. The molecule has 1 aliphatic heterocycles. The summed E-state index contributed by atoms with van der Waals surface area (Å²) in [5, 5.41) is 12.3. The number of imide groups is 1. The molecule has 0 saturated carbocycles. The molecule has 122 valence electrons. The van der Waals surface area contributed by atoms with Crippen LogP contribution >= 0.6 is 0 Å². The number of nitrogens with one attached hydrogen (secondary N) is 1. The Morgan fingerprint density at radius 2 is 1.95 bits per heavy atom. The Balaban J connectivity index is 2.48. The molecule has 1 aliphatic rings. The van der Waals surface area contributed by atoms with Crippen LogP contribution in [0.2, 0.25) is 0 Å². The Hall–Kier alpha value is -1.75. The molecular formula is C17H25NO4. The zero-order chi connectivity index (χ0) is 16.7. The van der Waals surface area contributed by atoms with Crippen LogP contribution < -0.4 is 5.32 Å². The van der Waals surface area contributed by atoms with E-state index in [0.717, 1.165) is 5.57 Å². The third kappa shape index (κ3) is 6.35. The highest BCUT2D eigenvalue weighted by Crippen LogP contribution is 2.21. The predicted octanol–water partition coefficient (Wildman–Crippen LogP) is 1.91. The highest BCUT2D eigenvalue weighted by molar-refractivity contribution is 5.97. The molecule has 1 heterocycles. The van der Waals surface area contributed by atoms with Crippen LogP contribution in [0.25, 0.3) is 0 Å². The molecule has 1 saturated heterocycles.